The largest absolute Gasteiger partial charge is 0.496 e. The number of primary amides is 1. The Kier molecular flexibility index (Phi) is 6.74. The van der Waals surface area contributed by atoms with Gasteiger partial charge in [0.1, 0.15) is 17.6 Å². The molecule has 0 fully saturated rings. The van der Waals surface area contributed by atoms with E-state index in [0.717, 1.165) is 22.9 Å². The van der Waals surface area contributed by atoms with Crippen LogP contribution in [-0.2, 0) is 20.9 Å². The normalized spacial score (nSPS) is 16.5. The summed E-state index contributed by atoms with van der Waals surface area (Å²) in [5.41, 5.74) is 7.58. The van der Waals surface area contributed by atoms with E-state index in [-0.39, 0.29) is 30.4 Å². The standard InChI is InChI=1S/C23H23N5O4S/c1-32-18-9-5-2-6-14(18)12-25-20(30)11-10-17-22(31)27-21-15-7-3-4-8-16(15)26-23(28(17)21)33-13-19(24)29/h2-9,17H,10-13H2,1H3,(H2,24,29)(H,25,30). The van der Waals surface area contributed by atoms with E-state index in [2.05, 4.69) is 15.3 Å². The summed E-state index contributed by atoms with van der Waals surface area (Å²) in [5.74, 6) is 0.177. The molecular formula is C23H23N5O4S. The van der Waals surface area contributed by atoms with Crippen LogP contribution in [0.1, 0.15) is 24.0 Å². The number of hydrogen-bond acceptors (Lipinski definition) is 7. The number of nitrogens with one attached hydrogen (secondary N) is 1. The Morgan fingerprint density at radius 3 is 2.70 bits per heavy atom. The summed E-state index contributed by atoms with van der Waals surface area (Å²) < 4.78 is 5.31. The Labute approximate surface area is 195 Å². The number of carbonyl (C=O) groups excluding carboxylic acids is 3. The average molecular weight is 466 g/mol. The van der Waals surface area contributed by atoms with Gasteiger partial charge in [-0.25, -0.2) is 4.99 Å². The molecule has 0 saturated carbocycles. The number of nitrogens with zero attached hydrogens (tertiary/aromatic N) is 3. The first-order chi connectivity index (χ1) is 16.0. The lowest BCUT2D eigenvalue weighted by Crippen LogP contribution is -2.44. The second kappa shape index (κ2) is 9.86. The minimum atomic E-state index is -0.676. The van der Waals surface area contributed by atoms with E-state index in [1.54, 1.807) is 12.0 Å². The van der Waals surface area contributed by atoms with Gasteiger partial charge in [-0.3, -0.25) is 19.3 Å². The third-order valence-corrected chi connectivity index (χ3v) is 6.24. The van der Waals surface area contributed by atoms with Crippen molar-refractivity contribution in [1.29, 1.82) is 0 Å². The van der Waals surface area contributed by atoms with Gasteiger partial charge in [-0.1, -0.05) is 42.1 Å². The monoisotopic (exact) mass is 465 g/mol. The smallest absolute Gasteiger partial charge is 0.270 e. The van der Waals surface area contributed by atoms with Crippen molar-refractivity contribution in [3.8, 4) is 5.75 Å². The molecule has 0 radical (unpaired) electrons. The molecule has 2 aromatic rings. The van der Waals surface area contributed by atoms with Crippen molar-refractivity contribution in [3.05, 3.63) is 59.7 Å². The van der Waals surface area contributed by atoms with Gasteiger partial charge in [-0.2, -0.15) is 4.99 Å². The van der Waals surface area contributed by atoms with E-state index in [1.165, 1.54) is 0 Å². The maximum Gasteiger partial charge on any atom is 0.270 e. The van der Waals surface area contributed by atoms with Crippen molar-refractivity contribution in [2.75, 3.05) is 12.9 Å². The molecule has 3 N–H and O–H groups in total. The molecule has 3 amide bonds. The number of benzene rings is 2. The lowest BCUT2D eigenvalue weighted by Gasteiger charge is -2.30. The highest BCUT2D eigenvalue weighted by molar-refractivity contribution is 8.14. The first kappa shape index (κ1) is 22.5. The number of para-hydroxylation sites is 2. The highest BCUT2D eigenvalue weighted by atomic mass is 32.2. The van der Waals surface area contributed by atoms with Gasteiger partial charge in [0.2, 0.25) is 11.8 Å². The Bertz CT molecular complexity index is 1160. The number of hydrogen-bond donors (Lipinski definition) is 2. The van der Waals surface area contributed by atoms with Gasteiger partial charge in [0.15, 0.2) is 5.17 Å². The molecule has 33 heavy (non-hydrogen) atoms. The minimum Gasteiger partial charge on any atom is -0.496 e. The molecule has 170 valence electrons. The van der Waals surface area contributed by atoms with Crippen LogP contribution in [0.25, 0.3) is 0 Å². The summed E-state index contributed by atoms with van der Waals surface area (Å²) in [6.07, 6.45) is 0.377. The summed E-state index contributed by atoms with van der Waals surface area (Å²) >= 11 is 1.15. The molecule has 4 rings (SSSR count). The molecule has 2 aliphatic rings. The quantitative estimate of drug-likeness (QED) is 0.614. The van der Waals surface area contributed by atoms with Crippen LogP contribution in [-0.4, -0.2) is 52.5 Å². The number of aliphatic imine (C=N–C) groups is 2. The Balaban J connectivity index is 1.45. The molecule has 0 bridgehead atoms. The summed E-state index contributed by atoms with van der Waals surface area (Å²) in [6.45, 7) is 0.321. The van der Waals surface area contributed by atoms with Crippen molar-refractivity contribution >= 4 is 46.2 Å². The molecule has 1 unspecified atom stereocenters. The number of nitrogens with two attached hydrogens (primary N) is 1. The fourth-order valence-electron chi connectivity index (χ4n) is 3.71. The van der Waals surface area contributed by atoms with E-state index >= 15 is 0 Å². The van der Waals surface area contributed by atoms with Crippen LogP contribution in [0.2, 0.25) is 0 Å². The third kappa shape index (κ3) is 4.90. The molecule has 0 aromatic heterocycles. The van der Waals surface area contributed by atoms with Crippen molar-refractivity contribution in [1.82, 2.24) is 10.2 Å². The fourth-order valence-corrected chi connectivity index (χ4v) is 4.50. The number of thioether (sulfide) groups is 1. The number of fused-ring (bicyclic) bond motifs is 3. The van der Waals surface area contributed by atoms with Gasteiger partial charge in [0.05, 0.1) is 18.6 Å². The van der Waals surface area contributed by atoms with E-state index < -0.39 is 11.9 Å². The SMILES string of the molecule is COc1ccccc1CNC(=O)CCC1C(=O)N=C2c3ccccc3N=C(SCC(N)=O)N21. The fraction of sp³-hybridized carbons (Fsp3) is 0.261. The Hall–Kier alpha value is -3.66. The number of ether oxygens (including phenoxy) is 1. The van der Waals surface area contributed by atoms with Crippen LogP contribution >= 0.6 is 11.8 Å². The van der Waals surface area contributed by atoms with Gasteiger partial charge in [0, 0.05) is 24.1 Å². The minimum absolute atomic E-state index is 0.0189. The molecule has 1 atom stereocenters. The summed E-state index contributed by atoms with van der Waals surface area (Å²) in [6, 6.07) is 14.1. The maximum atomic E-state index is 12.8. The summed E-state index contributed by atoms with van der Waals surface area (Å²) in [5, 5.41) is 3.34. The van der Waals surface area contributed by atoms with Crippen LogP contribution in [0.5, 0.6) is 5.75 Å². The second-order valence-electron chi connectivity index (χ2n) is 7.45. The second-order valence-corrected chi connectivity index (χ2v) is 8.40. The van der Waals surface area contributed by atoms with Crippen LogP contribution in [0, 0.1) is 0 Å². The van der Waals surface area contributed by atoms with Gasteiger partial charge in [-0.15, -0.1) is 0 Å². The predicted octanol–water partition coefficient (Wildman–Crippen LogP) is 1.97. The zero-order valence-corrected chi connectivity index (χ0v) is 18.8. The van der Waals surface area contributed by atoms with Gasteiger partial charge in [-0.05, 0) is 24.6 Å². The maximum absolute atomic E-state index is 12.8. The average Bonchev–Trinajstić information content (AvgIpc) is 3.16. The van der Waals surface area contributed by atoms with E-state index in [9.17, 15) is 14.4 Å². The van der Waals surface area contributed by atoms with Crippen LogP contribution in [0.15, 0.2) is 58.5 Å². The van der Waals surface area contributed by atoms with Crippen molar-refractivity contribution in [2.45, 2.75) is 25.4 Å². The molecule has 2 aromatic carbocycles. The van der Waals surface area contributed by atoms with Crippen molar-refractivity contribution in [2.24, 2.45) is 15.7 Å². The van der Waals surface area contributed by atoms with E-state index in [1.807, 2.05) is 48.5 Å². The summed E-state index contributed by atoms with van der Waals surface area (Å²) in [4.78, 5) is 47.2. The molecule has 0 aliphatic carbocycles. The van der Waals surface area contributed by atoms with Gasteiger partial charge in [0.25, 0.3) is 5.91 Å². The zero-order chi connectivity index (χ0) is 23.4. The van der Waals surface area contributed by atoms with Crippen LogP contribution in [0.4, 0.5) is 5.69 Å². The number of carbonyl (C=O) groups is 3. The first-order valence-corrected chi connectivity index (χ1v) is 11.4. The van der Waals surface area contributed by atoms with Crippen molar-refractivity contribution < 1.29 is 19.1 Å². The van der Waals surface area contributed by atoms with Crippen LogP contribution in [0.3, 0.4) is 0 Å². The zero-order valence-electron chi connectivity index (χ0n) is 18.0. The Morgan fingerprint density at radius 2 is 1.91 bits per heavy atom. The molecule has 2 heterocycles. The topological polar surface area (TPSA) is 126 Å². The lowest BCUT2D eigenvalue weighted by atomic mass is 10.1. The molecule has 0 spiro atoms. The molecule has 0 saturated heterocycles. The predicted molar refractivity (Wildman–Crippen MR) is 126 cm³/mol. The number of amides is 3. The highest BCUT2D eigenvalue weighted by Crippen LogP contribution is 2.35. The van der Waals surface area contributed by atoms with E-state index in [4.69, 9.17) is 10.5 Å². The molecule has 10 heteroatoms. The Morgan fingerprint density at radius 1 is 1.15 bits per heavy atom. The number of rotatable bonds is 8. The van der Waals surface area contributed by atoms with Gasteiger partial charge >= 0.3 is 0 Å². The van der Waals surface area contributed by atoms with Gasteiger partial charge < -0.3 is 15.8 Å². The molecule has 9 nitrogen and oxygen atoms in total. The number of amidine groups is 2. The lowest BCUT2D eigenvalue weighted by molar-refractivity contribution is -0.122. The van der Waals surface area contributed by atoms with Crippen LogP contribution < -0.4 is 15.8 Å². The van der Waals surface area contributed by atoms with Crippen molar-refractivity contribution in [3.63, 3.8) is 0 Å². The highest BCUT2D eigenvalue weighted by Gasteiger charge is 2.41. The summed E-state index contributed by atoms with van der Waals surface area (Å²) in [7, 11) is 1.58. The number of methoxy groups -OCH3 is 1. The molecule has 2 aliphatic heterocycles. The third-order valence-electron chi connectivity index (χ3n) is 5.27. The first-order valence-electron chi connectivity index (χ1n) is 10.4. The van der Waals surface area contributed by atoms with E-state index in [0.29, 0.717) is 29.0 Å². The molecular weight excluding hydrogens is 442 g/mol.